The number of aromatic nitrogens is 1. The normalized spacial score (nSPS) is 20.4. The van der Waals surface area contributed by atoms with Crippen molar-refractivity contribution in [2.45, 2.75) is 12.8 Å². The average molecular weight is 341 g/mol. The highest BCUT2D eigenvalue weighted by atomic mass is 32.1. The first-order chi connectivity index (χ1) is 11.8. The summed E-state index contributed by atoms with van der Waals surface area (Å²) in [5.74, 6) is 1.03. The zero-order chi connectivity index (χ0) is 16.4. The first-order valence-electron chi connectivity index (χ1n) is 8.17. The minimum Gasteiger partial charge on any atom is -0.355 e. The van der Waals surface area contributed by atoms with Gasteiger partial charge in [-0.1, -0.05) is 6.07 Å². The predicted molar refractivity (Wildman–Crippen MR) is 96.8 cm³/mol. The number of nitrogens with one attached hydrogen (secondary N) is 3. The van der Waals surface area contributed by atoms with Crippen LogP contribution in [0.2, 0.25) is 0 Å². The van der Waals surface area contributed by atoms with Crippen LogP contribution in [0, 0.1) is 5.92 Å². The minimum absolute atomic E-state index is 0.160. The molecule has 7 heteroatoms. The lowest BCUT2D eigenvalue weighted by atomic mass is 9.98. The Morgan fingerprint density at radius 2 is 2.21 bits per heavy atom. The Labute approximate surface area is 144 Å². The molecule has 6 nitrogen and oxygen atoms in total. The van der Waals surface area contributed by atoms with E-state index in [4.69, 9.17) is 0 Å². The molecule has 3 N–H and O–H groups in total. The monoisotopic (exact) mass is 341 g/mol. The summed E-state index contributed by atoms with van der Waals surface area (Å²) >= 11 is 1.59. The molecule has 2 aliphatic heterocycles. The molecule has 0 aliphatic carbocycles. The van der Waals surface area contributed by atoms with Crippen molar-refractivity contribution in [1.82, 2.24) is 20.9 Å². The van der Waals surface area contributed by atoms with E-state index < -0.39 is 0 Å². The van der Waals surface area contributed by atoms with Gasteiger partial charge >= 0.3 is 0 Å². The summed E-state index contributed by atoms with van der Waals surface area (Å²) in [6.07, 6.45) is 4.13. The molecule has 0 atom stereocenters. The van der Waals surface area contributed by atoms with Crippen molar-refractivity contribution < 1.29 is 4.79 Å². The van der Waals surface area contributed by atoms with Crippen molar-refractivity contribution in [1.29, 1.82) is 0 Å². The zero-order valence-electron chi connectivity index (χ0n) is 13.2. The van der Waals surface area contributed by atoms with Crippen LogP contribution >= 0.6 is 11.3 Å². The highest BCUT2D eigenvalue weighted by Crippen LogP contribution is 2.21. The molecular formula is C17H19N5OS. The molecule has 0 bridgehead atoms. The summed E-state index contributed by atoms with van der Waals surface area (Å²) in [7, 11) is 0. The lowest BCUT2D eigenvalue weighted by Crippen LogP contribution is -2.41. The molecule has 0 unspecified atom stereocenters. The summed E-state index contributed by atoms with van der Waals surface area (Å²) < 4.78 is 1.11. The Morgan fingerprint density at radius 1 is 1.33 bits per heavy atom. The quantitative estimate of drug-likeness (QED) is 0.743. The van der Waals surface area contributed by atoms with Crippen LogP contribution in [0.4, 0.5) is 0 Å². The fraction of sp³-hybridized carbons (Fsp3) is 0.353. The molecule has 4 rings (SSSR count). The highest BCUT2D eigenvalue weighted by Gasteiger charge is 2.21. The van der Waals surface area contributed by atoms with Crippen LogP contribution in [0.25, 0.3) is 16.3 Å². The molecule has 1 fully saturated rings. The SMILES string of the molecule is O=C1NC(NCC2CCNCC2)=N/C1=C\c1ccc2ncsc2c1. The van der Waals surface area contributed by atoms with Gasteiger partial charge in [0.15, 0.2) is 0 Å². The summed E-state index contributed by atoms with van der Waals surface area (Å²) in [6, 6.07) is 5.95. The second-order valence-electron chi connectivity index (χ2n) is 6.10. The number of thiazole rings is 1. The van der Waals surface area contributed by atoms with Crippen molar-refractivity contribution >= 4 is 39.5 Å². The van der Waals surface area contributed by atoms with E-state index in [1.54, 1.807) is 11.3 Å². The van der Waals surface area contributed by atoms with E-state index in [-0.39, 0.29) is 5.91 Å². The molecule has 1 aromatic heterocycles. The smallest absolute Gasteiger partial charge is 0.276 e. The third-order valence-corrected chi connectivity index (χ3v) is 5.16. The van der Waals surface area contributed by atoms with Gasteiger partial charge in [-0.3, -0.25) is 10.1 Å². The molecule has 24 heavy (non-hydrogen) atoms. The number of guanidine groups is 1. The zero-order valence-corrected chi connectivity index (χ0v) is 14.0. The molecule has 1 amide bonds. The fourth-order valence-corrected chi connectivity index (χ4v) is 3.72. The van der Waals surface area contributed by atoms with Gasteiger partial charge in [-0.05, 0) is 55.6 Å². The van der Waals surface area contributed by atoms with E-state index in [0.29, 0.717) is 17.6 Å². The van der Waals surface area contributed by atoms with Gasteiger partial charge < -0.3 is 10.6 Å². The number of rotatable bonds is 3. The molecule has 2 aliphatic rings. The Bertz CT molecular complexity index is 819. The van der Waals surface area contributed by atoms with Crippen LogP contribution in [0.15, 0.2) is 34.4 Å². The van der Waals surface area contributed by atoms with Gasteiger partial charge in [0.05, 0.1) is 15.7 Å². The molecule has 124 valence electrons. The van der Waals surface area contributed by atoms with E-state index in [1.807, 2.05) is 29.8 Å². The lowest BCUT2D eigenvalue weighted by molar-refractivity contribution is -0.115. The summed E-state index contributed by atoms with van der Waals surface area (Å²) in [4.78, 5) is 20.8. The van der Waals surface area contributed by atoms with Gasteiger partial charge in [-0.25, -0.2) is 9.98 Å². The van der Waals surface area contributed by atoms with Crippen molar-refractivity contribution in [3.63, 3.8) is 0 Å². The van der Waals surface area contributed by atoms with Crippen molar-refractivity contribution in [2.75, 3.05) is 19.6 Å². The van der Waals surface area contributed by atoms with Crippen molar-refractivity contribution in [3.8, 4) is 0 Å². The molecule has 1 aromatic carbocycles. The van der Waals surface area contributed by atoms with E-state index in [9.17, 15) is 4.79 Å². The number of hydrogen-bond acceptors (Lipinski definition) is 6. The largest absolute Gasteiger partial charge is 0.355 e. The van der Waals surface area contributed by atoms with Crippen LogP contribution in [-0.2, 0) is 4.79 Å². The Kier molecular flexibility index (Phi) is 4.27. The van der Waals surface area contributed by atoms with E-state index in [2.05, 4.69) is 25.9 Å². The average Bonchev–Trinajstić information content (AvgIpc) is 3.20. The van der Waals surface area contributed by atoms with Gasteiger partial charge in [0, 0.05) is 6.54 Å². The number of carbonyl (C=O) groups excluding carboxylic acids is 1. The maximum absolute atomic E-state index is 12.1. The van der Waals surface area contributed by atoms with Crippen LogP contribution in [0.5, 0.6) is 0 Å². The van der Waals surface area contributed by atoms with Crippen LogP contribution in [0.3, 0.4) is 0 Å². The second kappa shape index (κ2) is 6.70. The number of nitrogens with zero attached hydrogens (tertiary/aromatic N) is 2. The maximum Gasteiger partial charge on any atom is 0.276 e. The van der Waals surface area contributed by atoms with E-state index in [1.165, 1.54) is 0 Å². The number of aliphatic imine (C=N–C) groups is 1. The Balaban J connectivity index is 1.45. The molecule has 2 aromatic rings. The van der Waals surface area contributed by atoms with Gasteiger partial charge in [-0.15, -0.1) is 11.3 Å². The van der Waals surface area contributed by atoms with Gasteiger partial charge in [0.2, 0.25) is 5.96 Å². The lowest BCUT2D eigenvalue weighted by Gasteiger charge is -2.22. The summed E-state index contributed by atoms with van der Waals surface area (Å²) in [6.45, 7) is 2.98. The number of benzene rings is 1. The van der Waals surface area contributed by atoms with Gasteiger partial charge in [0.25, 0.3) is 5.91 Å². The van der Waals surface area contributed by atoms with E-state index in [0.717, 1.165) is 48.3 Å². The topological polar surface area (TPSA) is 78.4 Å². The molecule has 0 saturated carbocycles. The van der Waals surface area contributed by atoms with Crippen LogP contribution in [0.1, 0.15) is 18.4 Å². The number of amides is 1. The number of carbonyl (C=O) groups is 1. The second-order valence-corrected chi connectivity index (χ2v) is 6.98. The molecule has 3 heterocycles. The number of hydrogen-bond donors (Lipinski definition) is 3. The van der Waals surface area contributed by atoms with Crippen LogP contribution < -0.4 is 16.0 Å². The van der Waals surface area contributed by atoms with Crippen LogP contribution in [-0.4, -0.2) is 36.5 Å². The third-order valence-electron chi connectivity index (χ3n) is 4.37. The summed E-state index contributed by atoms with van der Waals surface area (Å²) in [5, 5.41) is 9.42. The van der Waals surface area contributed by atoms with E-state index >= 15 is 0 Å². The number of fused-ring (bicyclic) bond motifs is 1. The van der Waals surface area contributed by atoms with Gasteiger partial charge in [-0.2, -0.15) is 0 Å². The predicted octanol–water partition coefficient (Wildman–Crippen LogP) is 1.71. The first-order valence-corrected chi connectivity index (χ1v) is 9.05. The molecule has 1 saturated heterocycles. The minimum atomic E-state index is -0.160. The molecular weight excluding hydrogens is 322 g/mol. The van der Waals surface area contributed by atoms with Crippen molar-refractivity contribution in [2.24, 2.45) is 10.9 Å². The standard InChI is InChI=1S/C17H19N5OS/c23-16-14(7-12-1-2-13-15(8-12)24-10-20-13)21-17(22-16)19-9-11-3-5-18-6-4-11/h1-2,7-8,10-11,18H,3-6,9H2,(H2,19,21,22,23)/b14-7-. The third kappa shape index (κ3) is 3.32. The highest BCUT2D eigenvalue weighted by molar-refractivity contribution is 7.16. The molecule has 0 radical (unpaired) electrons. The Hall–Kier alpha value is -2.25. The summed E-state index contributed by atoms with van der Waals surface area (Å²) in [5.41, 5.74) is 4.20. The Morgan fingerprint density at radius 3 is 3.08 bits per heavy atom. The maximum atomic E-state index is 12.1. The van der Waals surface area contributed by atoms with Gasteiger partial charge in [0.1, 0.15) is 5.70 Å². The first kappa shape index (κ1) is 15.3. The van der Waals surface area contributed by atoms with Crippen molar-refractivity contribution in [3.05, 3.63) is 35.0 Å². The number of piperidine rings is 1. The molecule has 0 spiro atoms. The fourth-order valence-electron chi connectivity index (χ4n) is 3.00.